The van der Waals surface area contributed by atoms with Crippen LogP contribution in [0.15, 0.2) is 11.6 Å². The summed E-state index contributed by atoms with van der Waals surface area (Å²) in [4.78, 5) is 14.6. The van der Waals surface area contributed by atoms with Gasteiger partial charge < -0.3 is 10.6 Å². The minimum absolute atomic E-state index is 0.0797. The summed E-state index contributed by atoms with van der Waals surface area (Å²) in [6, 6.07) is 1.92. The Balaban J connectivity index is 2.21. The average Bonchev–Trinajstić information content (AvgIpc) is 2.80. The summed E-state index contributed by atoms with van der Waals surface area (Å²) >= 11 is 1.66. The van der Waals surface area contributed by atoms with Gasteiger partial charge in [0.05, 0.1) is 17.7 Å². The van der Waals surface area contributed by atoms with E-state index in [9.17, 15) is 0 Å². The lowest BCUT2D eigenvalue weighted by Gasteiger charge is -2.18. The molecule has 0 unspecified atom stereocenters. The van der Waals surface area contributed by atoms with E-state index in [2.05, 4.69) is 46.4 Å². The van der Waals surface area contributed by atoms with E-state index in [1.807, 2.05) is 25.5 Å². The second kappa shape index (κ2) is 5.75. The Bertz CT molecular complexity index is 585. The summed E-state index contributed by atoms with van der Waals surface area (Å²) in [6.45, 7) is 9.09. The summed E-state index contributed by atoms with van der Waals surface area (Å²) in [6.07, 6.45) is 0. The van der Waals surface area contributed by atoms with Crippen molar-refractivity contribution in [2.24, 2.45) is 0 Å². The molecule has 0 aliphatic heterocycles. The summed E-state index contributed by atoms with van der Waals surface area (Å²) < 4.78 is 0. The zero-order valence-corrected chi connectivity index (χ0v) is 13.4. The van der Waals surface area contributed by atoms with E-state index in [0.717, 1.165) is 29.7 Å². The molecule has 0 aliphatic carbocycles. The van der Waals surface area contributed by atoms with Crippen LogP contribution >= 0.6 is 11.3 Å². The lowest BCUT2D eigenvalue weighted by atomic mass is 9.96. The van der Waals surface area contributed by atoms with Crippen LogP contribution in [0.5, 0.6) is 0 Å². The molecule has 0 radical (unpaired) electrons. The topological polar surface area (TPSA) is 62.7 Å². The molecule has 2 N–H and O–H groups in total. The van der Waals surface area contributed by atoms with Gasteiger partial charge in [0, 0.05) is 23.4 Å². The maximum Gasteiger partial charge on any atom is 0.138 e. The minimum atomic E-state index is -0.0797. The van der Waals surface area contributed by atoms with Gasteiger partial charge in [0.25, 0.3) is 0 Å². The van der Waals surface area contributed by atoms with Crippen molar-refractivity contribution < 1.29 is 0 Å². The van der Waals surface area contributed by atoms with E-state index in [-0.39, 0.29) is 5.41 Å². The monoisotopic (exact) mass is 291 g/mol. The number of aromatic nitrogens is 3. The molecular weight excluding hydrogens is 270 g/mol. The van der Waals surface area contributed by atoms with Gasteiger partial charge in [-0.1, -0.05) is 20.8 Å². The summed E-state index contributed by atoms with van der Waals surface area (Å²) in [5.74, 6) is 2.49. The first kappa shape index (κ1) is 14.7. The SMILES string of the molecule is CNc1cc(NCc2scnc2C)nc(C(C)(C)C)n1. The first-order valence-electron chi connectivity index (χ1n) is 6.60. The van der Waals surface area contributed by atoms with Crippen molar-refractivity contribution in [3.63, 3.8) is 0 Å². The van der Waals surface area contributed by atoms with Crippen LogP contribution in [0, 0.1) is 6.92 Å². The summed E-state index contributed by atoms with van der Waals surface area (Å²) in [5.41, 5.74) is 2.86. The number of aryl methyl sites for hydroxylation is 1. The van der Waals surface area contributed by atoms with Crippen molar-refractivity contribution in [2.75, 3.05) is 17.7 Å². The molecule has 0 saturated carbocycles. The van der Waals surface area contributed by atoms with Gasteiger partial charge >= 0.3 is 0 Å². The van der Waals surface area contributed by atoms with Crippen LogP contribution in [0.1, 0.15) is 37.2 Å². The van der Waals surface area contributed by atoms with E-state index in [1.54, 1.807) is 11.3 Å². The summed E-state index contributed by atoms with van der Waals surface area (Å²) in [7, 11) is 1.87. The molecule has 0 atom stereocenters. The Hall–Kier alpha value is -1.69. The fourth-order valence-electron chi connectivity index (χ4n) is 1.67. The maximum absolute atomic E-state index is 4.60. The zero-order chi connectivity index (χ0) is 14.8. The van der Waals surface area contributed by atoms with Crippen molar-refractivity contribution in [1.29, 1.82) is 0 Å². The number of hydrogen-bond acceptors (Lipinski definition) is 6. The van der Waals surface area contributed by atoms with Crippen LogP contribution in [0.3, 0.4) is 0 Å². The molecule has 2 aromatic rings. The van der Waals surface area contributed by atoms with Crippen LogP contribution in [0.25, 0.3) is 0 Å². The second-order valence-corrected chi connectivity index (χ2v) is 6.62. The highest BCUT2D eigenvalue weighted by Gasteiger charge is 2.19. The van der Waals surface area contributed by atoms with Gasteiger partial charge in [0.15, 0.2) is 0 Å². The molecule has 0 spiro atoms. The van der Waals surface area contributed by atoms with Gasteiger partial charge in [-0.25, -0.2) is 15.0 Å². The van der Waals surface area contributed by atoms with Crippen molar-refractivity contribution in [3.05, 3.63) is 28.0 Å². The fourth-order valence-corrected chi connectivity index (χ4v) is 2.38. The van der Waals surface area contributed by atoms with Crippen LogP contribution in [-0.2, 0) is 12.0 Å². The Morgan fingerprint density at radius 1 is 1.20 bits per heavy atom. The lowest BCUT2D eigenvalue weighted by Crippen LogP contribution is -2.18. The molecule has 2 heterocycles. The van der Waals surface area contributed by atoms with Crippen molar-refractivity contribution in [3.8, 4) is 0 Å². The van der Waals surface area contributed by atoms with Crippen LogP contribution in [-0.4, -0.2) is 22.0 Å². The highest BCUT2D eigenvalue weighted by Crippen LogP contribution is 2.23. The predicted molar refractivity (Wildman–Crippen MR) is 84.5 cm³/mol. The standard InChI is InChI=1S/C14H21N5S/c1-9-10(20-8-17-9)7-16-12-6-11(15-5)18-13(19-12)14(2,3)4/h6,8H,7H2,1-5H3,(H2,15,16,18,19). The number of nitrogens with one attached hydrogen (secondary N) is 2. The molecule has 20 heavy (non-hydrogen) atoms. The molecule has 6 heteroatoms. The van der Waals surface area contributed by atoms with Gasteiger partial charge in [-0.05, 0) is 6.92 Å². The normalized spacial score (nSPS) is 11.4. The van der Waals surface area contributed by atoms with Crippen LogP contribution in [0.2, 0.25) is 0 Å². The van der Waals surface area contributed by atoms with Crippen LogP contribution < -0.4 is 10.6 Å². The number of rotatable bonds is 4. The molecule has 0 amide bonds. The van der Waals surface area contributed by atoms with Crippen molar-refractivity contribution in [2.45, 2.75) is 39.7 Å². The smallest absolute Gasteiger partial charge is 0.138 e. The average molecular weight is 291 g/mol. The molecule has 0 saturated heterocycles. The van der Waals surface area contributed by atoms with E-state index in [0.29, 0.717) is 0 Å². The van der Waals surface area contributed by atoms with E-state index >= 15 is 0 Å². The third-order valence-electron chi connectivity index (χ3n) is 2.93. The maximum atomic E-state index is 4.60. The Morgan fingerprint density at radius 3 is 2.45 bits per heavy atom. The van der Waals surface area contributed by atoms with Gasteiger partial charge in [-0.2, -0.15) is 0 Å². The zero-order valence-electron chi connectivity index (χ0n) is 12.6. The van der Waals surface area contributed by atoms with Gasteiger partial charge in [0.1, 0.15) is 17.5 Å². The largest absolute Gasteiger partial charge is 0.373 e. The number of nitrogens with zero attached hydrogens (tertiary/aromatic N) is 3. The highest BCUT2D eigenvalue weighted by atomic mass is 32.1. The first-order valence-corrected chi connectivity index (χ1v) is 7.48. The molecular formula is C14H21N5S. The third kappa shape index (κ3) is 3.45. The van der Waals surface area contributed by atoms with E-state index < -0.39 is 0 Å². The van der Waals surface area contributed by atoms with Crippen molar-refractivity contribution >= 4 is 23.0 Å². The quantitative estimate of drug-likeness (QED) is 0.906. The molecule has 0 aliphatic rings. The molecule has 108 valence electrons. The van der Waals surface area contributed by atoms with Crippen LogP contribution in [0.4, 0.5) is 11.6 Å². The van der Waals surface area contributed by atoms with Gasteiger partial charge in [0.2, 0.25) is 0 Å². The van der Waals surface area contributed by atoms with E-state index in [1.165, 1.54) is 4.88 Å². The van der Waals surface area contributed by atoms with Gasteiger partial charge in [-0.3, -0.25) is 0 Å². The third-order valence-corrected chi connectivity index (χ3v) is 3.86. The molecule has 0 fully saturated rings. The molecule has 2 aromatic heterocycles. The number of thiazole rings is 1. The molecule has 0 aromatic carbocycles. The Morgan fingerprint density at radius 2 is 1.90 bits per heavy atom. The van der Waals surface area contributed by atoms with Crippen molar-refractivity contribution in [1.82, 2.24) is 15.0 Å². The predicted octanol–water partition coefficient (Wildman–Crippen LogP) is 3.19. The van der Waals surface area contributed by atoms with E-state index in [4.69, 9.17) is 0 Å². The second-order valence-electron chi connectivity index (χ2n) is 5.68. The minimum Gasteiger partial charge on any atom is -0.373 e. The fraction of sp³-hybridized carbons (Fsp3) is 0.500. The Labute approximate surface area is 123 Å². The lowest BCUT2D eigenvalue weighted by molar-refractivity contribution is 0.546. The summed E-state index contributed by atoms with van der Waals surface area (Å²) in [5, 5.41) is 6.44. The number of anilines is 2. The van der Waals surface area contributed by atoms with Gasteiger partial charge in [-0.15, -0.1) is 11.3 Å². The molecule has 5 nitrogen and oxygen atoms in total. The Kier molecular flexibility index (Phi) is 4.23. The first-order chi connectivity index (χ1) is 9.40. The molecule has 0 bridgehead atoms. The highest BCUT2D eigenvalue weighted by molar-refractivity contribution is 7.09. The number of hydrogen-bond donors (Lipinski definition) is 2. The molecule has 2 rings (SSSR count).